The highest BCUT2D eigenvalue weighted by molar-refractivity contribution is 9.10. The van der Waals surface area contributed by atoms with Crippen LogP contribution in [0.25, 0.3) is 0 Å². The minimum Gasteiger partial charge on any atom is -0.278 e. The molecule has 0 saturated heterocycles. The Bertz CT molecular complexity index is 704. The van der Waals surface area contributed by atoms with Gasteiger partial charge >= 0.3 is 0 Å². The standard InChI is InChI=1S/C12H8BrClFNO2S/c13-11-6-1-8(14)7-12(11)16-19(17,18)10-4-2-9(15)3-5-10/h1-7,16H. The number of sulfonamides is 1. The van der Waals surface area contributed by atoms with Gasteiger partial charge in [0.1, 0.15) is 5.82 Å². The summed E-state index contributed by atoms with van der Waals surface area (Å²) in [6, 6.07) is 9.29. The van der Waals surface area contributed by atoms with Gasteiger partial charge in [-0.15, -0.1) is 0 Å². The number of anilines is 1. The van der Waals surface area contributed by atoms with Crippen molar-refractivity contribution >= 4 is 43.2 Å². The molecule has 0 unspecified atom stereocenters. The van der Waals surface area contributed by atoms with E-state index in [2.05, 4.69) is 20.7 Å². The zero-order valence-electron chi connectivity index (χ0n) is 9.40. The molecule has 0 spiro atoms. The van der Waals surface area contributed by atoms with Crippen molar-refractivity contribution in [2.24, 2.45) is 0 Å². The fourth-order valence-corrected chi connectivity index (χ4v) is 3.11. The third-order valence-corrected chi connectivity index (χ3v) is 4.60. The van der Waals surface area contributed by atoms with Gasteiger partial charge in [-0.3, -0.25) is 4.72 Å². The maximum Gasteiger partial charge on any atom is 0.261 e. The average molecular weight is 365 g/mol. The Labute approximate surface area is 123 Å². The van der Waals surface area contributed by atoms with Crippen molar-refractivity contribution < 1.29 is 12.8 Å². The van der Waals surface area contributed by atoms with E-state index in [1.165, 1.54) is 18.2 Å². The van der Waals surface area contributed by atoms with Gasteiger partial charge in [-0.1, -0.05) is 11.6 Å². The zero-order chi connectivity index (χ0) is 14.0. The number of rotatable bonds is 3. The van der Waals surface area contributed by atoms with E-state index in [-0.39, 0.29) is 4.90 Å². The molecular weight excluding hydrogens is 357 g/mol. The van der Waals surface area contributed by atoms with Crippen molar-refractivity contribution in [1.29, 1.82) is 0 Å². The quantitative estimate of drug-likeness (QED) is 0.893. The van der Waals surface area contributed by atoms with Crippen molar-refractivity contribution in [3.05, 3.63) is 57.8 Å². The molecule has 0 amide bonds. The summed E-state index contributed by atoms with van der Waals surface area (Å²) >= 11 is 9.03. The Morgan fingerprint density at radius 2 is 1.74 bits per heavy atom. The van der Waals surface area contributed by atoms with Crippen LogP contribution in [0.1, 0.15) is 0 Å². The number of benzene rings is 2. The molecule has 0 aromatic heterocycles. The largest absolute Gasteiger partial charge is 0.278 e. The maximum absolute atomic E-state index is 12.8. The van der Waals surface area contributed by atoms with Gasteiger partial charge in [-0.05, 0) is 58.4 Å². The molecular formula is C12H8BrClFNO2S. The third kappa shape index (κ3) is 3.46. The van der Waals surface area contributed by atoms with Gasteiger partial charge in [0.15, 0.2) is 0 Å². The number of hydrogen-bond donors (Lipinski definition) is 1. The van der Waals surface area contributed by atoms with Gasteiger partial charge in [-0.25, -0.2) is 12.8 Å². The molecule has 1 N–H and O–H groups in total. The van der Waals surface area contributed by atoms with E-state index in [0.29, 0.717) is 15.2 Å². The van der Waals surface area contributed by atoms with E-state index in [1.54, 1.807) is 12.1 Å². The molecule has 100 valence electrons. The molecule has 0 radical (unpaired) electrons. The minimum atomic E-state index is -3.77. The van der Waals surface area contributed by atoms with Gasteiger partial charge in [0.2, 0.25) is 0 Å². The normalized spacial score (nSPS) is 11.3. The molecule has 0 bridgehead atoms. The molecule has 0 saturated carbocycles. The van der Waals surface area contributed by atoms with Crippen LogP contribution in [0.2, 0.25) is 5.02 Å². The van der Waals surface area contributed by atoms with Gasteiger partial charge in [-0.2, -0.15) is 0 Å². The Kier molecular flexibility index (Phi) is 4.13. The predicted molar refractivity (Wildman–Crippen MR) is 76.4 cm³/mol. The molecule has 2 aromatic carbocycles. The molecule has 3 nitrogen and oxygen atoms in total. The topological polar surface area (TPSA) is 46.2 Å². The van der Waals surface area contributed by atoms with Crippen LogP contribution in [0.3, 0.4) is 0 Å². The number of hydrogen-bond acceptors (Lipinski definition) is 2. The summed E-state index contributed by atoms with van der Waals surface area (Å²) in [5.41, 5.74) is 0.317. The Hall–Kier alpha value is -1.11. The van der Waals surface area contributed by atoms with Crippen molar-refractivity contribution in [3.8, 4) is 0 Å². The molecule has 0 atom stereocenters. The van der Waals surface area contributed by atoms with E-state index >= 15 is 0 Å². The van der Waals surface area contributed by atoms with Crippen molar-refractivity contribution in [1.82, 2.24) is 0 Å². The number of halogens is 3. The lowest BCUT2D eigenvalue weighted by Gasteiger charge is -2.10. The Morgan fingerprint density at radius 1 is 1.11 bits per heavy atom. The highest BCUT2D eigenvalue weighted by Crippen LogP contribution is 2.28. The third-order valence-electron chi connectivity index (χ3n) is 2.30. The first kappa shape index (κ1) is 14.3. The Balaban J connectivity index is 2.36. The SMILES string of the molecule is O=S(=O)(Nc1cc(Cl)ccc1Br)c1ccc(F)cc1. The highest BCUT2D eigenvalue weighted by atomic mass is 79.9. The molecule has 0 aliphatic carbocycles. The van der Waals surface area contributed by atoms with Crippen LogP contribution in [0.15, 0.2) is 51.8 Å². The van der Waals surface area contributed by atoms with Crippen molar-refractivity contribution in [2.45, 2.75) is 4.90 Å². The second-order valence-electron chi connectivity index (χ2n) is 3.68. The van der Waals surface area contributed by atoms with Crippen molar-refractivity contribution in [2.75, 3.05) is 4.72 Å². The lowest BCUT2D eigenvalue weighted by molar-refractivity contribution is 0.599. The average Bonchev–Trinajstić information content (AvgIpc) is 2.34. The van der Waals surface area contributed by atoms with Crippen LogP contribution >= 0.6 is 27.5 Å². The van der Waals surface area contributed by atoms with Crippen molar-refractivity contribution in [3.63, 3.8) is 0 Å². The zero-order valence-corrected chi connectivity index (χ0v) is 12.6. The first-order chi connectivity index (χ1) is 8.88. The fourth-order valence-electron chi connectivity index (χ4n) is 1.39. The molecule has 0 heterocycles. The summed E-state index contributed by atoms with van der Waals surface area (Å²) in [5, 5.41) is 0.403. The van der Waals surface area contributed by atoms with E-state index in [4.69, 9.17) is 11.6 Å². The molecule has 0 fully saturated rings. The van der Waals surface area contributed by atoms with Crippen LogP contribution < -0.4 is 4.72 Å². The van der Waals surface area contributed by atoms with Gasteiger partial charge < -0.3 is 0 Å². The van der Waals surface area contributed by atoms with E-state index in [1.807, 2.05) is 0 Å². The maximum atomic E-state index is 12.8. The molecule has 0 aliphatic rings. The smallest absolute Gasteiger partial charge is 0.261 e. The second kappa shape index (κ2) is 5.48. The lowest BCUT2D eigenvalue weighted by atomic mass is 10.3. The summed E-state index contributed by atoms with van der Waals surface area (Å²) < 4.78 is 39.9. The van der Waals surface area contributed by atoms with Gasteiger partial charge in [0.05, 0.1) is 10.6 Å². The van der Waals surface area contributed by atoms with E-state index in [9.17, 15) is 12.8 Å². The molecule has 2 aromatic rings. The van der Waals surface area contributed by atoms with Crippen LogP contribution in [0.5, 0.6) is 0 Å². The predicted octanol–water partition coefficient (Wildman–Crippen LogP) is 4.04. The molecule has 19 heavy (non-hydrogen) atoms. The summed E-state index contributed by atoms with van der Waals surface area (Å²) in [5.74, 6) is -0.497. The second-order valence-corrected chi connectivity index (χ2v) is 6.66. The molecule has 7 heteroatoms. The first-order valence-electron chi connectivity index (χ1n) is 5.12. The van der Waals surface area contributed by atoms with Gasteiger partial charge in [0, 0.05) is 9.50 Å². The fraction of sp³-hybridized carbons (Fsp3) is 0. The van der Waals surface area contributed by atoms with E-state index < -0.39 is 15.8 Å². The minimum absolute atomic E-state index is 0.0271. The lowest BCUT2D eigenvalue weighted by Crippen LogP contribution is -2.13. The summed E-state index contributed by atoms with van der Waals surface area (Å²) in [4.78, 5) is -0.0271. The highest BCUT2D eigenvalue weighted by Gasteiger charge is 2.15. The Morgan fingerprint density at radius 3 is 2.37 bits per heavy atom. The summed E-state index contributed by atoms with van der Waals surface area (Å²) in [6.45, 7) is 0. The first-order valence-corrected chi connectivity index (χ1v) is 7.77. The summed E-state index contributed by atoms with van der Waals surface area (Å²) in [7, 11) is -3.77. The van der Waals surface area contributed by atoms with Crippen LogP contribution in [-0.4, -0.2) is 8.42 Å². The molecule has 2 rings (SSSR count). The van der Waals surface area contributed by atoms with Crippen LogP contribution in [0, 0.1) is 5.82 Å². The van der Waals surface area contributed by atoms with E-state index in [0.717, 1.165) is 12.1 Å². The van der Waals surface area contributed by atoms with Crippen LogP contribution in [0.4, 0.5) is 10.1 Å². The molecule has 0 aliphatic heterocycles. The van der Waals surface area contributed by atoms with Gasteiger partial charge in [0.25, 0.3) is 10.0 Å². The van der Waals surface area contributed by atoms with Crippen LogP contribution in [-0.2, 0) is 10.0 Å². The summed E-state index contributed by atoms with van der Waals surface area (Å²) in [6.07, 6.45) is 0. The monoisotopic (exact) mass is 363 g/mol. The number of nitrogens with one attached hydrogen (secondary N) is 1.